The van der Waals surface area contributed by atoms with Crippen LogP contribution >= 0.6 is 0 Å². The molecule has 1 heterocycles. The van der Waals surface area contributed by atoms with Gasteiger partial charge in [-0.05, 0) is 13.3 Å². The molecule has 1 aromatic heterocycles. The number of aromatic nitrogens is 2. The quantitative estimate of drug-likeness (QED) is 0.728. The van der Waals surface area contributed by atoms with Gasteiger partial charge in [0, 0.05) is 18.5 Å². The molecule has 4 heteroatoms. The van der Waals surface area contributed by atoms with Gasteiger partial charge in [0.1, 0.15) is 11.6 Å². The van der Waals surface area contributed by atoms with E-state index in [1.165, 1.54) is 6.07 Å². The summed E-state index contributed by atoms with van der Waals surface area (Å²) in [6.45, 7) is 3.78. The second kappa shape index (κ2) is 5.20. The van der Waals surface area contributed by atoms with Crippen LogP contribution in [0.4, 0.5) is 5.82 Å². The summed E-state index contributed by atoms with van der Waals surface area (Å²) in [6, 6.07) is 1.61. The highest BCUT2D eigenvalue weighted by Crippen LogP contribution is 2.06. The molecule has 0 aliphatic rings. The van der Waals surface area contributed by atoms with Gasteiger partial charge in [-0.15, -0.1) is 12.3 Å². The largest absolute Gasteiger partial charge is 0.366 e. The zero-order valence-corrected chi connectivity index (χ0v) is 9.00. The molecule has 0 aliphatic carbocycles. The third kappa shape index (κ3) is 3.47. The first-order valence-electron chi connectivity index (χ1n) is 4.93. The Balaban J connectivity index is 2.79. The molecule has 0 saturated carbocycles. The van der Waals surface area contributed by atoms with E-state index in [1.54, 1.807) is 6.92 Å². The first-order valence-corrected chi connectivity index (χ1v) is 4.93. The Morgan fingerprint density at radius 1 is 1.73 bits per heavy atom. The molecule has 0 saturated heterocycles. The van der Waals surface area contributed by atoms with E-state index in [-0.39, 0.29) is 11.6 Å². The fourth-order valence-electron chi connectivity index (χ4n) is 1.30. The maximum atomic E-state index is 11.2. The first-order chi connectivity index (χ1) is 7.15. The summed E-state index contributed by atoms with van der Waals surface area (Å²) >= 11 is 0. The molecule has 0 radical (unpaired) electrons. The van der Waals surface area contributed by atoms with Crippen molar-refractivity contribution in [3.63, 3.8) is 0 Å². The number of terminal acetylenes is 1. The lowest BCUT2D eigenvalue weighted by Gasteiger charge is -2.14. The van der Waals surface area contributed by atoms with Crippen LogP contribution in [0, 0.1) is 19.3 Å². The van der Waals surface area contributed by atoms with E-state index < -0.39 is 0 Å². The molecule has 15 heavy (non-hydrogen) atoms. The van der Waals surface area contributed by atoms with Crippen molar-refractivity contribution in [1.29, 1.82) is 0 Å². The zero-order chi connectivity index (χ0) is 11.3. The zero-order valence-electron chi connectivity index (χ0n) is 9.00. The molecule has 0 aromatic carbocycles. The number of nitrogens with one attached hydrogen (secondary N) is 2. The van der Waals surface area contributed by atoms with Gasteiger partial charge in [-0.25, -0.2) is 4.98 Å². The Kier molecular flexibility index (Phi) is 3.92. The Bertz CT molecular complexity index is 417. The smallest absolute Gasteiger partial charge is 0.252 e. The molecule has 1 rings (SSSR count). The summed E-state index contributed by atoms with van der Waals surface area (Å²) < 4.78 is 0. The standard InChI is InChI=1S/C11H15N3O/c1-4-6-9(5-2)14-10-7-11(15)13-8(3)12-10/h1,7,9H,5-6H2,2-3H3,(H2,12,13,14,15). The number of rotatable bonds is 4. The molecular formula is C11H15N3O. The molecule has 0 spiro atoms. The topological polar surface area (TPSA) is 57.8 Å². The molecule has 0 aliphatic heterocycles. The molecule has 1 atom stereocenters. The third-order valence-corrected chi connectivity index (χ3v) is 2.07. The van der Waals surface area contributed by atoms with Gasteiger partial charge in [0.15, 0.2) is 0 Å². The van der Waals surface area contributed by atoms with Gasteiger partial charge in [-0.2, -0.15) is 0 Å². The lowest BCUT2D eigenvalue weighted by molar-refractivity contribution is 0.710. The van der Waals surface area contributed by atoms with Crippen LogP contribution < -0.4 is 10.9 Å². The summed E-state index contributed by atoms with van der Waals surface area (Å²) in [4.78, 5) is 17.9. The number of aryl methyl sites for hydroxylation is 1. The predicted octanol–water partition coefficient (Wildman–Crippen LogP) is 1.29. The normalized spacial score (nSPS) is 11.8. The van der Waals surface area contributed by atoms with E-state index >= 15 is 0 Å². The van der Waals surface area contributed by atoms with Crippen molar-refractivity contribution in [2.75, 3.05) is 5.32 Å². The summed E-state index contributed by atoms with van der Waals surface area (Å²) in [5.41, 5.74) is -0.152. The molecular weight excluding hydrogens is 190 g/mol. The van der Waals surface area contributed by atoms with Gasteiger partial charge < -0.3 is 10.3 Å². The van der Waals surface area contributed by atoms with Crippen LogP contribution in [0.25, 0.3) is 0 Å². The van der Waals surface area contributed by atoms with Gasteiger partial charge in [-0.3, -0.25) is 4.79 Å². The van der Waals surface area contributed by atoms with Crippen molar-refractivity contribution < 1.29 is 0 Å². The average Bonchev–Trinajstić information content (AvgIpc) is 2.15. The van der Waals surface area contributed by atoms with E-state index in [0.29, 0.717) is 18.1 Å². The van der Waals surface area contributed by atoms with Gasteiger partial charge in [-0.1, -0.05) is 6.92 Å². The van der Waals surface area contributed by atoms with Crippen LogP contribution in [0.2, 0.25) is 0 Å². The van der Waals surface area contributed by atoms with Crippen LogP contribution in [0.3, 0.4) is 0 Å². The molecule has 0 fully saturated rings. The second-order valence-corrected chi connectivity index (χ2v) is 3.37. The average molecular weight is 205 g/mol. The minimum atomic E-state index is -0.152. The van der Waals surface area contributed by atoms with Crippen molar-refractivity contribution in [1.82, 2.24) is 9.97 Å². The minimum absolute atomic E-state index is 0.152. The Morgan fingerprint density at radius 2 is 2.47 bits per heavy atom. The monoisotopic (exact) mass is 205 g/mol. The van der Waals surface area contributed by atoms with E-state index in [0.717, 1.165) is 6.42 Å². The highest BCUT2D eigenvalue weighted by atomic mass is 16.1. The molecule has 0 bridgehead atoms. The summed E-state index contributed by atoms with van der Waals surface area (Å²) in [7, 11) is 0. The van der Waals surface area contributed by atoms with Crippen molar-refractivity contribution in [2.24, 2.45) is 0 Å². The number of aromatic amines is 1. The van der Waals surface area contributed by atoms with Crippen LogP contribution in [0.1, 0.15) is 25.6 Å². The SMILES string of the molecule is C#CCC(CC)Nc1cc(=O)[nH]c(C)n1. The Hall–Kier alpha value is -1.76. The Labute approximate surface area is 89.1 Å². The van der Waals surface area contributed by atoms with Gasteiger partial charge in [0.25, 0.3) is 5.56 Å². The molecule has 1 unspecified atom stereocenters. The second-order valence-electron chi connectivity index (χ2n) is 3.37. The molecule has 0 amide bonds. The lowest BCUT2D eigenvalue weighted by Crippen LogP contribution is -2.21. The van der Waals surface area contributed by atoms with Crippen molar-refractivity contribution in [3.8, 4) is 12.3 Å². The van der Waals surface area contributed by atoms with Crippen LogP contribution in [-0.4, -0.2) is 16.0 Å². The van der Waals surface area contributed by atoms with Crippen LogP contribution in [-0.2, 0) is 0 Å². The van der Waals surface area contributed by atoms with Crippen molar-refractivity contribution in [3.05, 3.63) is 22.2 Å². The van der Waals surface area contributed by atoms with E-state index in [1.807, 2.05) is 6.92 Å². The van der Waals surface area contributed by atoms with Crippen LogP contribution in [0.5, 0.6) is 0 Å². The predicted molar refractivity (Wildman–Crippen MR) is 60.7 cm³/mol. The number of hydrogen-bond donors (Lipinski definition) is 2. The van der Waals surface area contributed by atoms with Crippen molar-refractivity contribution in [2.45, 2.75) is 32.7 Å². The van der Waals surface area contributed by atoms with E-state index in [4.69, 9.17) is 6.42 Å². The minimum Gasteiger partial charge on any atom is -0.366 e. The third-order valence-electron chi connectivity index (χ3n) is 2.07. The highest BCUT2D eigenvalue weighted by Gasteiger charge is 2.05. The Morgan fingerprint density at radius 3 is 3.00 bits per heavy atom. The van der Waals surface area contributed by atoms with Crippen LogP contribution in [0.15, 0.2) is 10.9 Å². The number of H-pyrrole nitrogens is 1. The number of anilines is 1. The van der Waals surface area contributed by atoms with E-state index in [2.05, 4.69) is 21.2 Å². The van der Waals surface area contributed by atoms with E-state index in [9.17, 15) is 4.79 Å². The fraction of sp³-hybridized carbons (Fsp3) is 0.455. The first kappa shape index (κ1) is 11.3. The summed E-state index contributed by atoms with van der Waals surface area (Å²) in [6.07, 6.45) is 6.77. The lowest BCUT2D eigenvalue weighted by atomic mass is 10.1. The van der Waals surface area contributed by atoms with Gasteiger partial charge in [0.2, 0.25) is 0 Å². The fourth-order valence-corrected chi connectivity index (χ4v) is 1.30. The van der Waals surface area contributed by atoms with Crippen molar-refractivity contribution >= 4 is 5.82 Å². The highest BCUT2D eigenvalue weighted by molar-refractivity contribution is 5.34. The molecule has 80 valence electrons. The van der Waals surface area contributed by atoms with Gasteiger partial charge in [0.05, 0.1) is 0 Å². The number of hydrogen-bond acceptors (Lipinski definition) is 3. The maximum Gasteiger partial charge on any atom is 0.252 e. The summed E-state index contributed by atoms with van der Waals surface area (Å²) in [5.74, 6) is 3.77. The molecule has 4 nitrogen and oxygen atoms in total. The maximum absolute atomic E-state index is 11.2. The molecule has 1 aromatic rings. The summed E-state index contributed by atoms with van der Waals surface area (Å²) in [5, 5.41) is 3.14. The van der Waals surface area contributed by atoms with Gasteiger partial charge >= 0.3 is 0 Å². The number of nitrogens with zero attached hydrogens (tertiary/aromatic N) is 1. The molecule has 2 N–H and O–H groups in total.